The van der Waals surface area contributed by atoms with Gasteiger partial charge in [-0.15, -0.1) is 11.3 Å². The quantitative estimate of drug-likeness (QED) is 0.800. The zero-order chi connectivity index (χ0) is 14.8. The first kappa shape index (κ1) is 13.8. The van der Waals surface area contributed by atoms with Gasteiger partial charge in [0, 0.05) is 30.0 Å². The number of hydrogen-bond donors (Lipinski definition) is 1. The lowest BCUT2D eigenvalue weighted by Gasteiger charge is -2.12. The molecule has 0 aromatic carbocycles. The van der Waals surface area contributed by atoms with Crippen LogP contribution in [-0.2, 0) is 0 Å². The minimum atomic E-state index is -0.0314. The van der Waals surface area contributed by atoms with E-state index in [9.17, 15) is 4.79 Å². The van der Waals surface area contributed by atoms with E-state index in [-0.39, 0.29) is 11.9 Å². The molecule has 0 fully saturated rings. The molecule has 0 bridgehead atoms. The van der Waals surface area contributed by atoms with Crippen LogP contribution in [0.2, 0.25) is 0 Å². The van der Waals surface area contributed by atoms with Crippen molar-refractivity contribution in [2.75, 3.05) is 0 Å². The summed E-state index contributed by atoms with van der Waals surface area (Å²) in [7, 11) is 0. The summed E-state index contributed by atoms with van der Waals surface area (Å²) in [6.07, 6.45) is 6.57. The lowest BCUT2D eigenvalue weighted by Crippen LogP contribution is -2.31. The number of nitrogens with zero attached hydrogens (tertiary/aromatic N) is 2. The van der Waals surface area contributed by atoms with Crippen molar-refractivity contribution in [1.29, 1.82) is 0 Å². The number of amides is 1. The maximum atomic E-state index is 12.6. The predicted octanol–water partition coefficient (Wildman–Crippen LogP) is 3.62. The Hall–Kier alpha value is -2.14. The van der Waals surface area contributed by atoms with Crippen molar-refractivity contribution in [2.45, 2.75) is 26.3 Å². The molecule has 1 amide bonds. The summed E-state index contributed by atoms with van der Waals surface area (Å²) < 4.78 is 1.98. The predicted molar refractivity (Wildman–Crippen MR) is 86.2 cm³/mol. The van der Waals surface area contributed by atoms with Crippen molar-refractivity contribution in [2.24, 2.45) is 0 Å². The molecular weight excluding hydrogens is 282 g/mol. The largest absolute Gasteiger partial charge is 0.349 e. The molecule has 0 radical (unpaired) electrons. The molecule has 1 N–H and O–H groups in total. The van der Waals surface area contributed by atoms with E-state index in [0.29, 0.717) is 4.88 Å². The SMILES string of the molecule is CC[C@H](C)NC(=O)c1sc2ncccc2c1-n1cccc1. The zero-order valence-corrected chi connectivity index (χ0v) is 12.9. The molecule has 0 aliphatic heterocycles. The number of rotatable bonds is 4. The fourth-order valence-electron chi connectivity index (χ4n) is 2.20. The Morgan fingerprint density at radius 2 is 2.14 bits per heavy atom. The zero-order valence-electron chi connectivity index (χ0n) is 12.0. The highest BCUT2D eigenvalue weighted by atomic mass is 32.1. The maximum Gasteiger partial charge on any atom is 0.263 e. The maximum absolute atomic E-state index is 12.6. The molecule has 0 saturated carbocycles. The summed E-state index contributed by atoms with van der Waals surface area (Å²) in [5, 5.41) is 4.05. The average molecular weight is 299 g/mol. The van der Waals surface area contributed by atoms with E-state index in [4.69, 9.17) is 0 Å². The number of hydrogen-bond acceptors (Lipinski definition) is 3. The molecule has 4 nitrogen and oxygen atoms in total. The van der Waals surface area contributed by atoms with Crippen molar-refractivity contribution in [1.82, 2.24) is 14.9 Å². The van der Waals surface area contributed by atoms with Gasteiger partial charge in [-0.05, 0) is 37.6 Å². The van der Waals surface area contributed by atoms with E-state index in [0.717, 1.165) is 22.3 Å². The number of pyridine rings is 1. The van der Waals surface area contributed by atoms with Crippen LogP contribution in [0.4, 0.5) is 0 Å². The van der Waals surface area contributed by atoms with Crippen LogP contribution in [0.1, 0.15) is 29.9 Å². The summed E-state index contributed by atoms with van der Waals surface area (Å²) in [4.78, 5) is 18.5. The van der Waals surface area contributed by atoms with E-state index in [1.807, 2.05) is 48.1 Å². The first-order valence-electron chi connectivity index (χ1n) is 7.02. The molecule has 3 aromatic rings. The summed E-state index contributed by atoms with van der Waals surface area (Å²) in [6, 6.07) is 7.98. The molecule has 1 atom stereocenters. The van der Waals surface area contributed by atoms with Gasteiger partial charge in [0.25, 0.3) is 5.91 Å². The molecular formula is C16H17N3OS. The highest BCUT2D eigenvalue weighted by Crippen LogP contribution is 2.33. The molecule has 0 unspecified atom stereocenters. The fourth-order valence-corrected chi connectivity index (χ4v) is 3.25. The van der Waals surface area contributed by atoms with Crippen molar-refractivity contribution in [3.05, 3.63) is 47.7 Å². The molecule has 0 aliphatic rings. The minimum Gasteiger partial charge on any atom is -0.349 e. The number of aromatic nitrogens is 2. The Balaban J connectivity index is 2.13. The minimum absolute atomic E-state index is 0.0314. The standard InChI is InChI=1S/C16H17N3OS/c1-3-11(2)18-15(20)14-13(19-9-4-5-10-19)12-7-6-8-17-16(12)21-14/h4-11H,3H2,1-2H3,(H,18,20)/t11-/m0/s1. The van der Waals surface area contributed by atoms with Gasteiger partial charge >= 0.3 is 0 Å². The molecule has 0 spiro atoms. The van der Waals surface area contributed by atoms with Crippen LogP contribution in [0.5, 0.6) is 0 Å². The van der Waals surface area contributed by atoms with Gasteiger partial charge in [0.15, 0.2) is 0 Å². The van der Waals surface area contributed by atoms with Gasteiger partial charge in [-0.25, -0.2) is 4.98 Å². The Morgan fingerprint density at radius 3 is 2.86 bits per heavy atom. The third-order valence-electron chi connectivity index (χ3n) is 3.50. The van der Waals surface area contributed by atoms with Crippen molar-refractivity contribution < 1.29 is 4.79 Å². The van der Waals surface area contributed by atoms with E-state index in [1.54, 1.807) is 6.20 Å². The van der Waals surface area contributed by atoms with Gasteiger partial charge < -0.3 is 9.88 Å². The van der Waals surface area contributed by atoms with E-state index < -0.39 is 0 Å². The Labute approximate surface area is 127 Å². The van der Waals surface area contributed by atoms with Gasteiger partial charge in [-0.1, -0.05) is 6.92 Å². The molecule has 108 valence electrons. The monoisotopic (exact) mass is 299 g/mol. The third-order valence-corrected chi connectivity index (χ3v) is 4.60. The summed E-state index contributed by atoms with van der Waals surface area (Å²) in [6.45, 7) is 4.07. The van der Waals surface area contributed by atoms with Crippen LogP contribution >= 0.6 is 11.3 Å². The van der Waals surface area contributed by atoms with Crippen LogP contribution in [0.3, 0.4) is 0 Å². The Kier molecular flexibility index (Phi) is 3.75. The van der Waals surface area contributed by atoms with E-state index in [2.05, 4.69) is 17.2 Å². The Morgan fingerprint density at radius 1 is 1.38 bits per heavy atom. The van der Waals surface area contributed by atoms with Crippen LogP contribution in [0.15, 0.2) is 42.9 Å². The second-order valence-electron chi connectivity index (χ2n) is 5.01. The van der Waals surface area contributed by atoms with Gasteiger partial charge in [0.05, 0.1) is 5.69 Å². The smallest absolute Gasteiger partial charge is 0.263 e. The molecule has 0 aliphatic carbocycles. The average Bonchev–Trinajstić information content (AvgIpc) is 3.13. The van der Waals surface area contributed by atoms with Crippen LogP contribution in [0, 0.1) is 0 Å². The second-order valence-corrected chi connectivity index (χ2v) is 6.01. The second kappa shape index (κ2) is 5.69. The molecule has 0 saturated heterocycles. The normalized spacial score (nSPS) is 12.5. The fraction of sp³-hybridized carbons (Fsp3) is 0.250. The molecule has 3 aromatic heterocycles. The summed E-state index contributed by atoms with van der Waals surface area (Å²) >= 11 is 1.44. The van der Waals surface area contributed by atoms with Crippen molar-refractivity contribution in [3.63, 3.8) is 0 Å². The first-order valence-corrected chi connectivity index (χ1v) is 7.84. The lowest BCUT2D eigenvalue weighted by molar-refractivity contribution is 0.0943. The highest BCUT2D eigenvalue weighted by Gasteiger charge is 2.20. The van der Waals surface area contributed by atoms with Gasteiger partial charge in [0.2, 0.25) is 0 Å². The summed E-state index contributed by atoms with van der Waals surface area (Å²) in [5.74, 6) is -0.0314. The van der Waals surface area contributed by atoms with Crippen molar-refractivity contribution in [3.8, 4) is 5.69 Å². The molecule has 3 heterocycles. The first-order chi connectivity index (χ1) is 10.2. The van der Waals surface area contributed by atoms with E-state index in [1.165, 1.54) is 11.3 Å². The number of carbonyl (C=O) groups is 1. The van der Waals surface area contributed by atoms with E-state index >= 15 is 0 Å². The Bertz CT molecular complexity index is 761. The highest BCUT2D eigenvalue weighted by molar-refractivity contribution is 7.21. The lowest BCUT2D eigenvalue weighted by atomic mass is 10.2. The third kappa shape index (κ3) is 2.56. The number of thiophene rings is 1. The molecule has 3 rings (SSSR count). The van der Waals surface area contributed by atoms with Crippen LogP contribution in [0.25, 0.3) is 15.9 Å². The molecule has 5 heteroatoms. The van der Waals surface area contributed by atoms with Gasteiger partial charge in [-0.3, -0.25) is 4.79 Å². The summed E-state index contributed by atoms with van der Waals surface area (Å²) in [5.41, 5.74) is 0.911. The van der Waals surface area contributed by atoms with Crippen molar-refractivity contribution >= 4 is 27.5 Å². The van der Waals surface area contributed by atoms with Gasteiger partial charge in [0.1, 0.15) is 9.71 Å². The number of fused-ring (bicyclic) bond motifs is 1. The van der Waals surface area contributed by atoms with Crippen LogP contribution < -0.4 is 5.32 Å². The molecule has 21 heavy (non-hydrogen) atoms. The number of carbonyl (C=O) groups excluding carboxylic acids is 1. The number of nitrogens with one attached hydrogen (secondary N) is 1. The topological polar surface area (TPSA) is 46.9 Å². The van der Waals surface area contributed by atoms with Crippen LogP contribution in [-0.4, -0.2) is 21.5 Å². The van der Waals surface area contributed by atoms with Gasteiger partial charge in [-0.2, -0.15) is 0 Å².